The summed E-state index contributed by atoms with van der Waals surface area (Å²) in [4.78, 5) is 11.8. The number of hydrogen-bond donors (Lipinski definition) is 0. The standard InChI is InChI=1S/C13H16ClFO/c1-3-4-9(2)7-13(16)10-5-6-12(15)11(14)8-10/h5-6,8-9H,3-4,7H2,1-2H3. The first kappa shape index (κ1) is 13.2. The molecule has 0 bridgehead atoms. The molecule has 1 unspecified atom stereocenters. The average molecular weight is 243 g/mol. The number of carbonyl (C=O) groups is 1. The number of ketones is 1. The van der Waals surface area contributed by atoms with Gasteiger partial charge in [-0.1, -0.05) is 38.3 Å². The second-order valence-electron chi connectivity index (χ2n) is 4.15. The highest BCUT2D eigenvalue weighted by molar-refractivity contribution is 6.31. The molecule has 1 aromatic carbocycles. The molecule has 0 saturated heterocycles. The molecule has 1 atom stereocenters. The quantitative estimate of drug-likeness (QED) is 0.696. The Kier molecular flexibility index (Phi) is 4.94. The van der Waals surface area contributed by atoms with Gasteiger partial charge in [0.15, 0.2) is 5.78 Å². The van der Waals surface area contributed by atoms with Gasteiger partial charge in [0.05, 0.1) is 5.02 Å². The Bertz CT molecular complexity index is 376. The topological polar surface area (TPSA) is 17.1 Å². The lowest BCUT2D eigenvalue weighted by Gasteiger charge is -2.09. The highest BCUT2D eigenvalue weighted by Crippen LogP contribution is 2.19. The molecule has 16 heavy (non-hydrogen) atoms. The minimum atomic E-state index is -0.486. The lowest BCUT2D eigenvalue weighted by molar-refractivity contribution is 0.0962. The minimum absolute atomic E-state index is 0.00833. The van der Waals surface area contributed by atoms with Gasteiger partial charge in [-0.3, -0.25) is 4.79 Å². The molecule has 0 aromatic heterocycles. The third-order valence-electron chi connectivity index (χ3n) is 2.56. The molecule has 0 saturated carbocycles. The number of rotatable bonds is 5. The summed E-state index contributed by atoms with van der Waals surface area (Å²) in [7, 11) is 0. The van der Waals surface area contributed by atoms with E-state index in [1.807, 2.05) is 6.92 Å². The summed E-state index contributed by atoms with van der Waals surface area (Å²) in [6.45, 7) is 4.14. The van der Waals surface area contributed by atoms with E-state index in [-0.39, 0.29) is 10.8 Å². The zero-order chi connectivity index (χ0) is 12.1. The maximum Gasteiger partial charge on any atom is 0.163 e. The van der Waals surface area contributed by atoms with Gasteiger partial charge in [-0.05, 0) is 24.1 Å². The van der Waals surface area contributed by atoms with Crippen molar-refractivity contribution >= 4 is 17.4 Å². The van der Waals surface area contributed by atoms with Crippen molar-refractivity contribution in [2.75, 3.05) is 0 Å². The highest BCUT2D eigenvalue weighted by Gasteiger charge is 2.12. The summed E-state index contributed by atoms with van der Waals surface area (Å²) in [5.74, 6) is -0.0935. The molecule has 0 amide bonds. The van der Waals surface area contributed by atoms with Crippen molar-refractivity contribution in [3.63, 3.8) is 0 Å². The fourth-order valence-electron chi connectivity index (χ4n) is 1.70. The SMILES string of the molecule is CCCC(C)CC(=O)c1ccc(F)c(Cl)c1. The van der Waals surface area contributed by atoms with Gasteiger partial charge in [0.25, 0.3) is 0 Å². The van der Waals surface area contributed by atoms with Crippen LogP contribution < -0.4 is 0 Å². The first-order valence-electron chi connectivity index (χ1n) is 5.52. The molecule has 0 radical (unpaired) electrons. The van der Waals surface area contributed by atoms with Crippen LogP contribution in [0.15, 0.2) is 18.2 Å². The van der Waals surface area contributed by atoms with Crippen LogP contribution in [0.4, 0.5) is 4.39 Å². The molecule has 0 heterocycles. The maximum atomic E-state index is 12.9. The molecule has 88 valence electrons. The Morgan fingerprint density at radius 1 is 1.50 bits per heavy atom. The molecule has 1 rings (SSSR count). The van der Waals surface area contributed by atoms with Crippen LogP contribution in [0.3, 0.4) is 0 Å². The minimum Gasteiger partial charge on any atom is -0.294 e. The monoisotopic (exact) mass is 242 g/mol. The van der Waals surface area contributed by atoms with Crippen molar-refractivity contribution in [1.82, 2.24) is 0 Å². The second kappa shape index (κ2) is 6.00. The fraction of sp³-hybridized carbons (Fsp3) is 0.462. The van der Waals surface area contributed by atoms with Crippen molar-refractivity contribution < 1.29 is 9.18 Å². The second-order valence-corrected chi connectivity index (χ2v) is 4.56. The Labute approximate surface area is 101 Å². The zero-order valence-corrected chi connectivity index (χ0v) is 10.4. The number of benzene rings is 1. The van der Waals surface area contributed by atoms with Crippen LogP contribution in [0.5, 0.6) is 0 Å². The van der Waals surface area contributed by atoms with Gasteiger partial charge in [-0.2, -0.15) is 0 Å². The van der Waals surface area contributed by atoms with Gasteiger partial charge in [0.1, 0.15) is 5.82 Å². The van der Waals surface area contributed by atoms with E-state index < -0.39 is 5.82 Å². The number of carbonyl (C=O) groups excluding carboxylic acids is 1. The van der Waals surface area contributed by atoms with E-state index in [2.05, 4.69) is 6.92 Å². The van der Waals surface area contributed by atoms with Crippen LogP contribution in [-0.2, 0) is 0 Å². The molecular weight excluding hydrogens is 227 g/mol. The fourth-order valence-corrected chi connectivity index (χ4v) is 1.88. The Morgan fingerprint density at radius 2 is 2.19 bits per heavy atom. The maximum absolute atomic E-state index is 12.9. The van der Waals surface area contributed by atoms with Crippen LogP contribution in [0.25, 0.3) is 0 Å². The van der Waals surface area contributed by atoms with Gasteiger partial charge in [0, 0.05) is 12.0 Å². The summed E-state index contributed by atoms with van der Waals surface area (Å²) >= 11 is 5.63. The van der Waals surface area contributed by atoms with E-state index in [1.54, 1.807) is 0 Å². The van der Waals surface area contributed by atoms with E-state index >= 15 is 0 Å². The van der Waals surface area contributed by atoms with Gasteiger partial charge < -0.3 is 0 Å². The number of Topliss-reactive ketones (excluding diaryl/α,β-unsaturated/α-hetero) is 1. The van der Waals surface area contributed by atoms with Crippen LogP contribution in [0, 0.1) is 11.7 Å². The van der Waals surface area contributed by atoms with Gasteiger partial charge >= 0.3 is 0 Å². The van der Waals surface area contributed by atoms with E-state index in [9.17, 15) is 9.18 Å². The largest absolute Gasteiger partial charge is 0.294 e. The van der Waals surface area contributed by atoms with E-state index in [0.29, 0.717) is 17.9 Å². The van der Waals surface area contributed by atoms with E-state index in [0.717, 1.165) is 12.8 Å². The Balaban J connectivity index is 2.69. The molecular formula is C13H16ClFO. The normalized spacial score (nSPS) is 12.5. The molecule has 1 aromatic rings. The van der Waals surface area contributed by atoms with Gasteiger partial charge in [-0.15, -0.1) is 0 Å². The van der Waals surface area contributed by atoms with Crippen molar-refractivity contribution in [1.29, 1.82) is 0 Å². The molecule has 0 spiro atoms. The lowest BCUT2D eigenvalue weighted by atomic mass is 9.96. The highest BCUT2D eigenvalue weighted by atomic mass is 35.5. The third kappa shape index (κ3) is 3.60. The van der Waals surface area contributed by atoms with Gasteiger partial charge in [0.2, 0.25) is 0 Å². The Morgan fingerprint density at radius 3 is 2.75 bits per heavy atom. The molecule has 1 nitrogen and oxygen atoms in total. The Hall–Kier alpha value is -0.890. The molecule has 3 heteroatoms. The average Bonchev–Trinajstić information content (AvgIpc) is 2.22. The van der Waals surface area contributed by atoms with Crippen molar-refractivity contribution in [2.45, 2.75) is 33.1 Å². The zero-order valence-electron chi connectivity index (χ0n) is 9.59. The molecule has 0 N–H and O–H groups in total. The van der Waals surface area contributed by atoms with Gasteiger partial charge in [-0.25, -0.2) is 4.39 Å². The predicted molar refractivity (Wildman–Crippen MR) is 64.4 cm³/mol. The summed E-state index contributed by atoms with van der Waals surface area (Å²) in [5.41, 5.74) is 0.495. The van der Waals surface area contributed by atoms with Crippen LogP contribution in [0.1, 0.15) is 43.5 Å². The number of hydrogen-bond acceptors (Lipinski definition) is 1. The van der Waals surface area contributed by atoms with E-state index in [4.69, 9.17) is 11.6 Å². The van der Waals surface area contributed by atoms with Crippen LogP contribution >= 0.6 is 11.6 Å². The summed E-state index contributed by atoms with van der Waals surface area (Å²) < 4.78 is 12.9. The summed E-state index contributed by atoms with van der Waals surface area (Å²) in [5, 5.41) is 0.00833. The van der Waals surface area contributed by atoms with E-state index in [1.165, 1.54) is 18.2 Å². The van der Waals surface area contributed by atoms with Crippen molar-refractivity contribution in [3.05, 3.63) is 34.6 Å². The first-order valence-corrected chi connectivity index (χ1v) is 5.90. The molecule has 0 aliphatic heterocycles. The van der Waals surface area contributed by atoms with Crippen molar-refractivity contribution in [3.8, 4) is 0 Å². The number of halogens is 2. The summed E-state index contributed by atoms with van der Waals surface area (Å²) in [6.07, 6.45) is 2.59. The van der Waals surface area contributed by atoms with Crippen LogP contribution in [0.2, 0.25) is 5.02 Å². The lowest BCUT2D eigenvalue weighted by Crippen LogP contribution is -2.06. The smallest absolute Gasteiger partial charge is 0.163 e. The molecule has 0 fully saturated rings. The first-order chi connectivity index (χ1) is 7.54. The molecule has 0 aliphatic carbocycles. The molecule has 0 aliphatic rings. The van der Waals surface area contributed by atoms with Crippen LogP contribution in [-0.4, -0.2) is 5.78 Å². The van der Waals surface area contributed by atoms with Crippen molar-refractivity contribution in [2.24, 2.45) is 5.92 Å². The summed E-state index contributed by atoms with van der Waals surface area (Å²) in [6, 6.07) is 4.13. The predicted octanol–water partition coefficient (Wildman–Crippen LogP) is 4.49. The third-order valence-corrected chi connectivity index (χ3v) is 2.85.